The van der Waals surface area contributed by atoms with Crippen molar-refractivity contribution < 1.29 is 13.9 Å². The maximum Gasteiger partial charge on any atom is 0.185 e. The number of ether oxygens (including phenoxy) is 1. The fourth-order valence-electron chi connectivity index (χ4n) is 2.97. The summed E-state index contributed by atoms with van der Waals surface area (Å²) < 4.78 is 13.4. The Morgan fingerprint density at radius 3 is 2.73 bits per heavy atom. The second kappa shape index (κ2) is 8.84. The largest absolute Gasteiger partial charge is 0.484 e. The van der Waals surface area contributed by atoms with E-state index in [1.54, 1.807) is 42.9 Å². The Bertz CT molecular complexity index is 1160. The van der Waals surface area contributed by atoms with Crippen LogP contribution in [-0.2, 0) is 6.61 Å². The van der Waals surface area contributed by atoms with Crippen LogP contribution in [-0.4, -0.2) is 15.3 Å². The van der Waals surface area contributed by atoms with E-state index in [4.69, 9.17) is 20.8 Å². The van der Waals surface area contributed by atoms with Crippen LogP contribution in [0, 0.1) is 6.92 Å². The van der Waals surface area contributed by atoms with Crippen LogP contribution in [0.2, 0.25) is 5.02 Å². The van der Waals surface area contributed by atoms with Gasteiger partial charge in [-0.2, -0.15) is 0 Å². The minimum atomic E-state index is -0.104. The molecule has 0 saturated carbocycles. The van der Waals surface area contributed by atoms with Gasteiger partial charge in [0, 0.05) is 23.6 Å². The average Bonchev–Trinajstić information content (AvgIpc) is 3.44. The molecule has 0 amide bonds. The van der Waals surface area contributed by atoms with E-state index < -0.39 is 0 Å². The summed E-state index contributed by atoms with van der Waals surface area (Å²) in [6.07, 6.45) is 8.41. The number of hydrogen-bond acceptors (Lipinski definition) is 4. The van der Waals surface area contributed by atoms with Crippen molar-refractivity contribution in [3.63, 3.8) is 0 Å². The first-order valence-electron chi connectivity index (χ1n) is 9.37. The quantitative estimate of drug-likeness (QED) is 0.277. The molecule has 0 atom stereocenters. The molecule has 2 aromatic heterocycles. The van der Waals surface area contributed by atoms with Crippen molar-refractivity contribution in [2.45, 2.75) is 13.5 Å². The van der Waals surface area contributed by atoms with E-state index in [2.05, 4.69) is 4.98 Å². The van der Waals surface area contributed by atoms with E-state index in [1.807, 2.05) is 48.0 Å². The first kappa shape index (κ1) is 19.7. The van der Waals surface area contributed by atoms with Gasteiger partial charge >= 0.3 is 0 Å². The Kier molecular flexibility index (Phi) is 5.82. The maximum absolute atomic E-state index is 12.4. The number of carbonyl (C=O) groups is 1. The van der Waals surface area contributed by atoms with E-state index in [0.29, 0.717) is 27.9 Å². The molecule has 0 bridgehead atoms. The van der Waals surface area contributed by atoms with Crippen LogP contribution in [0.15, 0.2) is 83.8 Å². The molecule has 0 aliphatic carbocycles. The van der Waals surface area contributed by atoms with Crippen LogP contribution < -0.4 is 4.74 Å². The highest BCUT2D eigenvalue weighted by Gasteiger charge is 2.08. The van der Waals surface area contributed by atoms with Gasteiger partial charge in [0.15, 0.2) is 5.78 Å². The van der Waals surface area contributed by atoms with Crippen LogP contribution in [0.25, 0.3) is 11.8 Å². The summed E-state index contributed by atoms with van der Waals surface area (Å²) in [5.41, 5.74) is 2.50. The number of ketones is 1. The molecule has 0 N–H and O–H groups in total. The Balaban J connectivity index is 1.37. The molecule has 0 spiro atoms. The van der Waals surface area contributed by atoms with Crippen LogP contribution in [0.4, 0.5) is 0 Å². The summed E-state index contributed by atoms with van der Waals surface area (Å²) in [6.45, 7) is 2.19. The van der Waals surface area contributed by atoms with Crippen LogP contribution in [0.1, 0.15) is 27.4 Å². The van der Waals surface area contributed by atoms with Gasteiger partial charge in [0.25, 0.3) is 0 Å². The van der Waals surface area contributed by atoms with Gasteiger partial charge in [-0.15, -0.1) is 0 Å². The molecule has 30 heavy (non-hydrogen) atoms. The van der Waals surface area contributed by atoms with E-state index >= 15 is 0 Å². The smallest absolute Gasteiger partial charge is 0.185 e. The molecule has 0 aliphatic rings. The highest BCUT2D eigenvalue weighted by Crippen LogP contribution is 2.28. The molecule has 2 aromatic carbocycles. The van der Waals surface area contributed by atoms with Gasteiger partial charge in [0.05, 0.1) is 11.3 Å². The van der Waals surface area contributed by atoms with Crippen molar-refractivity contribution in [2.24, 2.45) is 0 Å². The van der Waals surface area contributed by atoms with E-state index in [0.717, 1.165) is 11.3 Å². The second-order valence-corrected chi connectivity index (χ2v) is 7.10. The van der Waals surface area contributed by atoms with Crippen molar-refractivity contribution in [3.05, 3.63) is 107 Å². The zero-order valence-corrected chi connectivity index (χ0v) is 17.0. The number of carbonyl (C=O) groups excluding carboxylic acids is 1. The lowest BCUT2D eigenvalue weighted by molar-refractivity contribution is 0.104. The van der Waals surface area contributed by atoms with E-state index in [9.17, 15) is 4.79 Å². The molecular formula is C24H19ClN2O3. The Morgan fingerprint density at radius 1 is 1.17 bits per heavy atom. The zero-order valence-electron chi connectivity index (χ0n) is 16.3. The third-order valence-electron chi connectivity index (χ3n) is 4.56. The Labute approximate surface area is 179 Å². The normalized spacial score (nSPS) is 11.1. The van der Waals surface area contributed by atoms with Crippen LogP contribution in [0.3, 0.4) is 0 Å². The molecule has 0 unspecified atom stereocenters. The monoisotopic (exact) mass is 418 g/mol. The van der Waals surface area contributed by atoms with E-state index in [-0.39, 0.29) is 12.4 Å². The number of imidazole rings is 1. The average molecular weight is 419 g/mol. The summed E-state index contributed by atoms with van der Waals surface area (Å²) in [6, 6.07) is 16.5. The van der Waals surface area contributed by atoms with Gasteiger partial charge in [-0.25, -0.2) is 4.98 Å². The van der Waals surface area contributed by atoms with Gasteiger partial charge in [-0.1, -0.05) is 23.7 Å². The second-order valence-electron chi connectivity index (χ2n) is 6.69. The fourth-order valence-corrected chi connectivity index (χ4v) is 3.24. The SMILES string of the molecule is Cc1cccc(Cl)c1OCc1ccc(/C=C/C(=O)c2ccc(-n3ccnc3)cc2)o1. The number of allylic oxidation sites excluding steroid dienone is 1. The Morgan fingerprint density at radius 2 is 2.00 bits per heavy atom. The van der Waals surface area contributed by atoms with Gasteiger partial charge in [-0.05, 0) is 67.1 Å². The molecule has 2 heterocycles. The van der Waals surface area contributed by atoms with E-state index in [1.165, 1.54) is 6.08 Å². The number of benzene rings is 2. The first-order valence-corrected chi connectivity index (χ1v) is 9.75. The number of para-hydroxylation sites is 1. The molecule has 6 heteroatoms. The maximum atomic E-state index is 12.4. The molecule has 4 aromatic rings. The van der Waals surface area contributed by atoms with Crippen molar-refractivity contribution in [1.82, 2.24) is 9.55 Å². The lowest BCUT2D eigenvalue weighted by Crippen LogP contribution is -1.96. The van der Waals surface area contributed by atoms with Crippen LogP contribution in [0.5, 0.6) is 5.75 Å². The molecule has 0 fully saturated rings. The molecule has 0 saturated heterocycles. The first-order chi connectivity index (χ1) is 14.6. The highest BCUT2D eigenvalue weighted by atomic mass is 35.5. The molecule has 0 aliphatic heterocycles. The van der Waals surface area contributed by atoms with Crippen molar-refractivity contribution in [2.75, 3.05) is 0 Å². The predicted molar refractivity (Wildman–Crippen MR) is 116 cm³/mol. The summed E-state index contributed by atoms with van der Waals surface area (Å²) in [5.74, 6) is 1.76. The van der Waals surface area contributed by atoms with Gasteiger partial charge in [0.1, 0.15) is 23.9 Å². The van der Waals surface area contributed by atoms with Crippen LogP contribution >= 0.6 is 11.6 Å². The van der Waals surface area contributed by atoms with Crippen molar-refractivity contribution in [3.8, 4) is 11.4 Å². The number of aryl methyl sites for hydroxylation is 1. The molecule has 150 valence electrons. The molecule has 5 nitrogen and oxygen atoms in total. The standard InChI is InChI=1S/C24H19ClN2O3/c1-17-3-2-4-22(25)24(17)29-15-21-10-9-20(30-21)11-12-23(28)18-5-7-19(8-6-18)27-14-13-26-16-27/h2-14,16H,15H2,1H3/b12-11+. The molecule has 4 rings (SSSR count). The number of rotatable bonds is 7. The molecule has 0 radical (unpaired) electrons. The minimum absolute atomic E-state index is 0.104. The minimum Gasteiger partial charge on any atom is -0.484 e. The fraction of sp³-hybridized carbons (Fsp3) is 0.0833. The lowest BCUT2D eigenvalue weighted by atomic mass is 10.1. The van der Waals surface area contributed by atoms with Gasteiger partial charge < -0.3 is 13.7 Å². The summed E-state index contributed by atoms with van der Waals surface area (Å²) in [4.78, 5) is 16.4. The van der Waals surface area contributed by atoms with Crippen molar-refractivity contribution in [1.29, 1.82) is 0 Å². The van der Waals surface area contributed by atoms with Gasteiger partial charge in [-0.3, -0.25) is 4.79 Å². The third kappa shape index (κ3) is 4.53. The number of nitrogens with zero attached hydrogens (tertiary/aromatic N) is 2. The lowest BCUT2D eigenvalue weighted by Gasteiger charge is -2.09. The zero-order chi connectivity index (χ0) is 20.9. The van der Waals surface area contributed by atoms with Gasteiger partial charge in [0.2, 0.25) is 0 Å². The summed E-state index contributed by atoms with van der Waals surface area (Å²) in [7, 11) is 0. The number of hydrogen-bond donors (Lipinski definition) is 0. The summed E-state index contributed by atoms with van der Waals surface area (Å²) >= 11 is 6.17. The molecular weight excluding hydrogens is 400 g/mol. The third-order valence-corrected chi connectivity index (χ3v) is 4.86. The topological polar surface area (TPSA) is 57.3 Å². The number of halogens is 1. The Hall–Kier alpha value is -3.57. The predicted octanol–water partition coefficient (Wildman–Crippen LogP) is 5.90. The summed E-state index contributed by atoms with van der Waals surface area (Å²) in [5, 5.41) is 0.561. The van der Waals surface area contributed by atoms with Crippen molar-refractivity contribution >= 4 is 23.5 Å². The number of aromatic nitrogens is 2. The highest BCUT2D eigenvalue weighted by molar-refractivity contribution is 6.32. The number of furan rings is 1.